The Balaban J connectivity index is 0.00000161. The standard InChI is InChI=1S/C15H13ClN4.ClH/c1-9-6-7-10(8-12(9)16)18-15-19-13-5-3-2-4-11(13)14(17)20-15;/h2-8H,1H3,(H3,17,18,19,20);1H. The molecular weight excluding hydrogens is 307 g/mol. The summed E-state index contributed by atoms with van der Waals surface area (Å²) in [7, 11) is 0. The molecule has 4 nitrogen and oxygen atoms in total. The first-order valence-corrected chi connectivity index (χ1v) is 6.57. The first-order chi connectivity index (χ1) is 9.63. The number of nitrogens with two attached hydrogens (primary N) is 1. The molecule has 0 saturated heterocycles. The molecule has 2 aromatic carbocycles. The van der Waals surface area contributed by atoms with Crippen LogP contribution in [0, 0.1) is 6.92 Å². The molecule has 6 heteroatoms. The lowest BCUT2D eigenvalue weighted by molar-refractivity contribution is 1.22. The molecule has 0 atom stereocenters. The Labute approximate surface area is 133 Å². The van der Waals surface area contributed by atoms with Crippen molar-refractivity contribution in [2.45, 2.75) is 6.92 Å². The third-order valence-electron chi connectivity index (χ3n) is 3.06. The van der Waals surface area contributed by atoms with Gasteiger partial charge in [0.1, 0.15) is 5.82 Å². The van der Waals surface area contributed by atoms with E-state index in [-0.39, 0.29) is 12.4 Å². The predicted molar refractivity (Wildman–Crippen MR) is 90.7 cm³/mol. The zero-order valence-electron chi connectivity index (χ0n) is 11.3. The van der Waals surface area contributed by atoms with Crippen molar-refractivity contribution in [2.24, 2.45) is 0 Å². The molecule has 0 amide bonds. The Morgan fingerprint density at radius 2 is 1.86 bits per heavy atom. The average molecular weight is 321 g/mol. The molecule has 3 aromatic rings. The fourth-order valence-corrected chi connectivity index (χ4v) is 2.14. The van der Waals surface area contributed by atoms with E-state index >= 15 is 0 Å². The van der Waals surface area contributed by atoms with Crippen molar-refractivity contribution in [3.63, 3.8) is 0 Å². The Kier molecular flexibility index (Phi) is 4.50. The van der Waals surface area contributed by atoms with Crippen LogP contribution in [0.1, 0.15) is 5.56 Å². The van der Waals surface area contributed by atoms with Gasteiger partial charge in [-0.25, -0.2) is 4.98 Å². The van der Waals surface area contributed by atoms with Crippen LogP contribution in [-0.4, -0.2) is 9.97 Å². The first-order valence-electron chi connectivity index (χ1n) is 6.19. The second-order valence-corrected chi connectivity index (χ2v) is 4.95. The van der Waals surface area contributed by atoms with Crippen LogP contribution in [-0.2, 0) is 0 Å². The van der Waals surface area contributed by atoms with Gasteiger partial charge in [-0.3, -0.25) is 0 Å². The SMILES string of the molecule is Cc1ccc(Nc2nc(N)c3ccccc3n2)cc1Cl.Cl. The summed E-state index contributed by atoms with van der Waals surface area (Å²) in [5.74, 6) is 0.914. The summed E-state index contributed by atoms with van der Waals surface area (Å²) in [4.78, 5) is 8.70. The molecule has 0 aliphatic heterocycles. The highest BCUT2D eigenvalue weighted by atomic mass is 35.5. The predicted octanol–water partition coefficient (Wildman–Crippen LogP) is 4.34. The lowest BCUT2D eigenvalue weighted by Crippen LogP contribution is -2.01. The zero-order valence-corrected chi connectivity index (χ0v) is 12.9. The highest BCUT2D eigenvalue weighted by Gasteiger charge is 2.05. The molecule has 0 aliphatic rings. The van der Waals surface area contributed by atoms with E-state index in [9.17, 15) is 0 Å². The summed E-state index contributed by atoms with van der Waals surface area (Å²) < 4.78 is 0. The van der Waals surface area contributed by atoms with Crippen molar-refractivity contribution < 1.29 is 0 Å². The van der Waals surface area contributed by atoms with Gasteiger partial charge < -0.3 is 11.1 Å². The second-order valence-electron chi connectivity index (χ2n) is 4.54. The van der Waals surface area contributed by atoms with E-state index in [1.165, 1.54) is 0 Å². The van der Waals surface area contributed by atoms with Crippen molar-refractivity contribution in [3.8, 4) is 0 Å². The van der Waals surface area contributed by atoms with Gasteiger partial charge in [-0.15, -0.1) is 12.4 Å². The summed E-state index contributed by atoms with van der Waals surface area (Å²) in [5, 5.41) is 4.66. The van der Waals surface area contributed by atoms with Gasteiger partial charge in [0, 0.05) is 16.1 Å². The summed E-state index contributed by atoms with van der Waals surface area (Å²) in [5.41, 5.74) is 8.61. The van der Waals surface area contributed by atoms with Crippen LogP contribution in [0.2, 0.25) is 5.02 Å². The molecule has 0 fully saturated rings. The number of para-hydroxylation sites is 1. The fourth-order valence-electron chi connectivity index (χ4n) is 1.96. The largest absolute Gasteiger partial charge is 0.383 e. The van der Waals surface area contributed by atoms with Gasteiger partial charge >= 0.3 is 0 Å². The number of nitrogens with zero attached hydrogens (tertiary/aromatic N) is 2. The number of aryl methyl sites for hydroxylation is 1. The molecule has 0 radical (unpaired) electrons. The Morgan fingerprint density at radius 1 is 1.10 bits per heavy atom. The molecule has 3 N–H and O–H groups in total. The topological polar surface area (TPSA) is 63.8 Å². The molecule has 0 spiro atoms. The van der Waals surface area contributed by atoms with Crippen LogP contribution in [0.4, 0.5) is 17.5 Å². The molecule has 0 unspecified atom stereocenters. The zero-order chi connectivity index (χ0) is 14.1. The first kappa shape index (κ1) is 15.4. The number of hydrogen-bond donors (Lipinski definition) is 2. The summed E-state index contributed by atoms with van der Waals surface area (Å²) >= 11 is 6.10. The second kappa shape index (κ2) is 6.16. The van der Waals surface area contributed by atoms with Gasteiger partial charge in [-0.05, 0) is 36.8 Å². The minimum Gasteiger partial charge on any atom is -0.383 e. The van der Waals surface area contributed by atoms with Gasteiger partial charge in [0.05, 0.1) is 5.52 Å². The normalized spacial score (nSPS) is 10.2. The van der Waals surface area contributed by atoms with Crippen molar-refractivity contribution >= 4 is 52.4 Å². The van der Waals surface area contributed by atoms with E-state index in [1.54, 1.807) is 0 Å². The Bertz CT molecular complexity index is 790. The lowest BCUT2D eigenvalue weighted by Gasteiger charge is -2.08. The van der Waals surface area contributed by atoms with Crippen LogP contribution in [0.25, 0.3) is 10.9 Å². The van der Waals surface area contributed by atoms with E-state index in [2.05, 4.69) is 15.3 Å². The van der Waals surface area contributed by atoms with Crippen LogP contribution in [0.3, 0.4) is 0 Å². The monoisotopic (exact) mass is 320 g/mol. The number of benzene rings is 2. The van der Waals surface area contributed by atoms with E-state index < -0.39 is 0 Å². The molecule has 21 heavy (non-hydrogen) atoms. The smallest absolute Gasteiger partial charge is 0.229 e. The molecule has 0 saturated carbocycles. The number of aromatic nitrogens is 2. The van der Waals surface area contributed by atoms with Gasteiger partial charge in [-0.2, -0.15) is 4.98 Å². The quantitative estimate of drug-likeness (QED) is 0.737. The number of fused-ring (bicyclic) bond motifs is 1. The Morgan fingerprint density at radius 3 is 2.62 bits per heavy atom. The molecule has 0 bridgehead atoms. The number of nitrogens with one attached hydrogen (secondary N) is 1. The van der Waals surface area contributed by atoms with Crippen LogP contribution in [0.5, 0.6) is 0 Å². The molecule has 0 aliphatic carbocycles. The third kappa shape index (κ3) is 3.17. The van der Waals surface area contributed by atoms with Crippen LogP contribution >= 0.6 is 24.0 Å². The maximum atomic E-state index is 6.10. The van der Waals surface area contributed by atoms with Gasteiger partial charge in [-0.1, -0.05) is 29.8 Å². The molecular formula is C15H14Cl2N4. The van der Waals surface area contributed by atoms with Crippen molar-refractivity contribution in [1.29, 1.82) is 0 Å². The van der Waals surface area contributed by atoms with Gasteiger partial charge in [0.25, 0.3) is 0 Å². The lowest BCUT2D eigenvalue weighted by atomic mass is 10.2. The molecule has 1 aromatic heterocycles. The van der Waals surface area contributed by atoms with Crippen molar-refractivity contribution in [1.82, 2.24) is 9.97 Å². The Hall–Kier alpha value is -2.04. The van der Waals surface area contributed by atoms with E-state index in [0.717, 1.165) is 22.2 Å². The average Bonchev–Trinajstić information content (AvgIpc) is 2.43. The highest BCUT2D eigenvalue weighted by Crippen LogP contribution is 2.24. The number of anilines is 3. The van der Waals surface area contributed by atoms with E-state index in [0.29, 0.717) is 16.8 Å². The highest BCUT2D eigenvalue weighted by molar-refractivity contribution is 6.31. The molecule has 1 heterocycles. The number of nitrogen functional groups attached to an aromatic ring is 1. The molecule has 3 rings (SSSR count). The summed E-state index contributed by atoms with van der Waals surface area (Å²) in [6.07, 6.45) is 0. The summed E-state index contributed by atoms with van der Waals surface area (Å²) in [6, 6.07) is 13.3. The minimum absolute atomic E-state index is 0. The van der Waals surface area contributed by atoms with E-state index in [4.69, 9.17) is 17.3 Å². The van der Waals surface area contributed by atoms with Crippen LogP contribution < -0.4 is 11.1 Å². The fraction of sp³-hybridized carbons (Fsp3) is 0.0667. The van der Waals surface area contributed by atoms with Crippen molar-refractivity contribution in [2.75, 3.05) is 11.1 Å². The van der Waals surface area contributed by atoms with Gasteiger partial charge in [0.2, 0.25) is 5.95 Å². The van der Waals surface area contributed by atoms with Gasteiger partial charge in [0.15, 0.2) is 0 Å². The maximum Gasteiger partial charge on any atom is 0.229 e. The maximum absolute atomic E-state index is 6.10. The number of hydrogen-bond acceptors (Lipinski definition) is 4. The van der Waals surface area contributed by atoms with Crippen LogP contribution in [0.15, 0.2) is 42.5 Å². The number of rotatable bonds is 2. The third-order valence-corrected chi connectivity index (χ3v) is 3.47. The van der Waals surface area contributed by atoms with Crippen molar-refractivity contribution in [3.05, 3.63) is 53.1 Å². The summed E-state index contributed by atoms with van der Waals surface area (Å²) in [6.45, 7) is 1.95. The number of halogens is 2. The molecule has 108 valence electrons. The minimum atomic E-state index is 0. The van der Waals surface area contributed by atoms with E-state index in [1.807, 2.05) is 49.4 Å².